The Morgan fingerprint density at radius 2 is 1.81 bits per heavy atom. The van der Waals surface area contributed by atoms with E-state index in [1.54, 1.807) is 11.8 Å². The second kappa shape index (κ2) is 8.57. The Morgan fingerprint density at radius 3 is 2.34 bits per heavy atom. The molecule has 2 fully saturated rings. The number of halogens is 3. The summed E-state index contributed by atoms with van der Waals surface area (Å²) in [6.45, 7) is 7.10. The predicted octanol–water partition coefficient (Wildman–Crippen LogP) is 3.05. The normalized spacial score (nSPS) is 22.6. The minimum Gasteiger partial charge on any atom is -0.363 e. The number of rotatable bonds is 6. The van der Waals surface area contributed by atoms with Crippen LogP contribution in [0.15, 0.2) is 18.2 Å². The molecule has 12 heteroatoms. The summed E-state index contributed by atoms with van der Waals surface area (Å²) in [6, 6.07) is 2.03. The highest BCUT2D eigenvalue weighted by atomic mass is 19.4. The number of hydrogen-bond acceptors (Lipinski definition) is 6. The number of amides is 3. The number of carbonyl (C=O) groups excluding carboxylic acids is 2. The second-order valence-electron chi connectivity index (χ2n) is 8.80. The van der Waals surface area contributed by atoms with E-state index in [0.717, 1.165) is 12.1 Å². The van der Waals surface area contributed by atoms with Crippen molar-refractivity contribution in [3.05, 3.63) is 33.9 Å². The van der Waals surface area contributed by atoms with Crippen LogP contribution < -0.4 is 10.2 Å². The molecule has 0 radical (unpaired) electrons. The lowest BCUT2D eigenvalue weighted by Crippen LogP contribution is -2.52. The number of piperazine rings is 1. The SMILES string of the molecule is CC(C)CC1(C)NC(=O)N(CN2CCN(c3ccc(C(F)(F)F)cc3[N+](=O)[O-])CC2)C1=O. The standard InChI is InChI=1S/C20H26F3N5O4/c1-13(2)11-19(3)17(29)27(18(30)24-19)12-25-6-8-26(9-7-25)15-5-4-14(20(21,22)23)10-16(15)28(31)32/h4-5,10,13H,6-9,11-12H2,1-3H3,(H,24,30). The van der Waals surface area contributed by atoms with Gasteiger partial charge in [-0.05, 0) is 31.4 Å². The monoisotopic (exact) mass is 457 g/mol. The molecule has 1 aromatic rings. The van der Waals surface area contributed by atoms with Crippen molar-refractivity contribution in [1.82, 2.24) is 15.1 Å². The van der Waals surface area contributed by atoms with E-state index >= 15 is 0 Å². The molecule has 0 aromatic heterocycles. The van der Waals surface area contributed by atoms with E-state index in [1.165, 1.54) is 4.90 Å². The topological polar surface area (TPSA) is 99.0 Å². The number of nitrogens with zero attached hydrogens (tertiary/aromatic N) is 4. The van der Waals surface area contributed by atoms with Crippen LogP contribution in [0.5, 0.6) is 0 Å². The van der Waals surface area contributed by atoms with E-state index in [4.69, 9.17) is 0 Å². The first-order valence-corrected chi connectivity index (χ1v) is 10.3. The van der Waals surface area contributed by atoms with Gasteiger partial charge < -0.3 is 10.2 Å². The number of alkyl halides is 3. The summed E-state index contributed by atoms with van der Waals surface area (Å²) in [5.74, 6) is -0.0794. The highest BCUT2D eigenvalue weighted by Gasteiger charge is 2.48. The fourth-order valence-electron chi connectivity index (χ4n) is 4.27. The molecular weight excluding hydrogens is 431 g/mol. The average molecular weight is 457 g/mol. The van der Waals surface area contributed by atoms with Crippen molar-refractivity contribution in [2.45, 2.75) is 38.9 Å². The first kappa shape index (κ1) is 23.8. The zero-order valence-corrected chi connectivity index (χ0v) is 18.1. The van der Waals surface area contributed by atoms with Crippen LogP contribution in [0.25, 0.3) is 0 Å². The Bertz CT molecular complexity index is 915. The summed E-state index contributed by atoms with van der Waals surface area (Å²) < 4.78 is 38.8. The molecular formula is C20H26F3N5O4. The first-order chi connectivity index (χ1) is 14.8. The van der Waals surface area contributed by atoms with Crippen molar-refractivity contribution in [2.24, 2.45) is 5.92 Å². The fourth-order valence-corrected chi connectivity index (χ4v) is 4.27. The molecule has 0 bridgehead atoms. The molecule has 0 saturated carbocycles. The summed E-state index contributed by atoms with van der Waals surface area (Å²) in [5.41, 5.74) is -2.52. The number of carbonyl (C=O) groups is 2. The van der Waals surface area contributed by atoms with E-state index in [2.05, 4.69) is 5.32 Å². The lowest BCUT2D eigenvalue weighted by molar-refractivity contribution is -0.384. The average Bonchev–Trinajstić information content (AvgIpc) is 2.89. The molecule has 1 N–H and O–H groups in total. The van der Waals surface area contributed by atoms with Crippen LogP contribution in [0.4, 0.5) is 29.3 Å². The molecule has 3 amide bonds. The third-order valence-electron chi connectivity index (χ3n) is 5.72. The molecule has 1 atom stereocenters. The lowest BCUT2D eigenvalue weighted by atomic mass is 9.91. The van der Waals surface area contributed by atoms with Crippen molar-refractivity contribution in [3.8, 4) is 0 Å². The molecule has 2 aliphatic rings. The molecule has 9 nitrogen and oxygen atoms in total. The maximum atomic E-state index is 12.9. The van der Waals surface area contributed by atoms with Crippen LogP contribution in [0.3, 0.4) is 0 Å². The molecule has 32 heavy (non-hydrogen) atoms. The third-order valence-corrected chi connectivity index (χ3v) is 5.72. The number of benzene rings is 1. The van der Waals surface area contributed by atoms with Gasteiger partial charge in [-0.1, -0.05) is 13.8 Å². The lowest BCUT2D eigenvalue weighted by Gasteiger charge is -2.37. The van der Waals surface area contributed by atoms with Gasteiger partial charge in [0.15, 0.2) is 0 Å². The van der Waals surface area contributed by atoms with Gasteiger partial charge in [-0.15, -0.1) is 0 Å². The van der Waals surface area contributed by atoms with Crippen LogP contribution in [-0.2, 0) is 11.0 Å². The minimum absolute atomic E-state index is 0.0846. The van der Waals surface area contributed by atoms with Crippen molar-refractivity contribution >= 4 is 23.3 Å². The molecule has 176 valence electrons. The van der Waals surface area contributed by atoms with Gasteiger partial charge in [0.2, 0.25) is 0 Å². The molecule has 1 unspecified atom stereocenters. The molecule has 2 aliphatic heterocycles. The maximum Gasteiger partial charge on any atom is 0.416 e. The highest BCUT2D eigenvalue weighted by molar-refractivity contribution is 6.06. The molecule has 2 saturated heterocycles. The quantitative estimate of drug-likeness (QED) is 0.401. The smallest absolute Gasteiger partial charge is 0.363 e. The second-order valence-corrected chi connectivity index (χ2v) is 8.80. The van der Waals surface area contributed by atoms with Gasteiger partial charge in [0, 0.05) is 32.2 Å². The molecule has 3 rings (SSSR count). The van der Waals surface area contributed by atoms with Gasteiger partial charge >= 0.3 is 12.2 Å². The summed E-state index contributed by atoms with van der Waals surface area (Å²) in [7, 11) is 0. The summed E-state index contributed by atoms with van der Waals surface area (Å²) in [4.78, 5) is 40.4. The third kappa shape index (κ3) is 4.79. The number of hydrogen-bond donors (Lipinski definition) is 1. The van der Waals surface area contributed by atoms with Crippen molar-refractivity contribution in [3.63, 3.8) is 0 Å². The minimum atomic E-state index is -4.67. The van der Waals surface area contributed by atoms with Crippen molar-refractivity contribution in [1.29, 1.82) is 0 Å². The Kier molecular flexibility index (Phi) is 6.36. The zero-order valence-electron chi connectivity index (χ0n) is 18.1. The Hall–Kier alpha value is -2.89. The van der Waals surface area contributed by atoms with Gasteiger partial charge in [-0.2, -0.15) is 13.2 Å². The van der Waals surface area contributed by atoms with E-state index in [9.17, 15) is 32.9 Å². The van der Waals surface area contributed by atoms with Crippen LogP contribution in [-0.4, -0.2) is 65.0 Å². The van der Waals surface area contributed by atoms with Crippen LogP contribution >= 0.6 is 0 Å². The number of nitro benzene ring substituents is 1. The molecule has 2 heterocycles. The van der Waals surface area contributed by atoms with E-state index in [-0.39, 0.29) is 24.2 Å². The molecule has 0 spiro atoms. The van der Waals surface area contributed by atoms with E-state index < -0.39 is 33.9 Å². The van der Waals surface area contributed by atoms with Crippen molar-refractivity contribution < 1.29 is 27.7 Å². The molecule has 0 aliphatic carbocycles. The van der Waals surface area contributed by atoms with Gasteiger partial charge in [0.1, 0.15) is 11.2 Å². The number of anilines is 1. The largest absolute Gasteiger partial charge is 0.416 e. The maximum absolute atomic E-state index is 12.9. The van der Waals surface area contributed by atoms with E-state index in [1.807, 2.05) is 18.7 Å². The number of nitrogens with one attached hydrogen (secondary N) is 1. The van der Waals surface area contributed by atoms with Gasteiger partial charge in [0.05, 0.1) is 17.2 Å². The zero-order chi connectivity index (χ0) is 23.8. The number of imide groups is 1. The summed E-state index contributed by atoms with van der Waals surface area (Å²) in [6.07, 6.45) is -4.16. The highest BCUT2D eigenvalue weighted by Crippen LogP contribution is 2.37. The first-order valence-electron chi connectivity index (χ1n) is 10.3. The van der Waals surface area contributed by atoms with Crippen LogP contribution in [0.2, 0.25) is 0 Å². The summed E-state index contributed by atoms with van der Waals surface area (Å²) in [5, 5.41) is 14.1. The van der Waals surface area contributed by atoms with Crippen LogP contribution in [0, 0.1) is 16.0 Å². The van der Waals surface area contributed by atoms with Gasteiger partial charge in [-0.3, -0.25) is 19.8 Å². The van der Waals surface area contributed by atoms with Crippen molar-refractivity contribution in [2.75, 3.05) is 37.7 Å². The summed E-state index contributed by atoms with van der Waals surface area (Å²) >= 11 is 0. The fraction of sp³-hybridized carbons (Fsp3) is 0.600. The van der Waals surface area contributed by atoms with Gasteiger partial charge in [0.25, 0.3) is 11.6 Å². The predicted molar refractivity (Wildman–Crippen MR) is 110 cm³/mol. The van der Waals surface area contributed by atoms with Gasteiger partial charge in [-0.25, -0.2) is 9.69 Å². The number of urea groups is 1. The van der Waals surface area contributed by atoms with E-state index in [0.29, 0.717) is 38.7 Å². The Labute approximate surface area is 183 Å². The Balaban J connectivity index is 1.67. The van der Waals surface area contributed by atoms with Crippen LogP contribution in [0.1, 0.15) is 32.8 Å². The Morgan fingerprint density at radius 1 is 1.19 bits per heavy atom. The molecule has 1 aromatic carbocycles. The number of nitro groups is 1.